The van der Waals surface area contributed by atoms with Gasteiger partial charge in [0, 0.05) is 20.3 Å². The number of amides is 1. The van der Waals surface area contributed by atoms with Crippen LogP contribution in [0, 0.1) is 0 Å². The Morgan fingerprint density at radius 1 is 1.40 bits per heavy atom. The monoisotopic (exact) mass is 219 g/mol. The maximum Gasteiger partial charge on any atom is 0.253 e. The van der Waals surface area contributed by atoms with Gasteiger partial charge in [-0.1, -0.05) is 0 Å². The third kappa shape index (κ3) is 4.57. The molecule has 0 aromatic rings. The summed E-state index contributed by atoms with van der Waals surface area (Å²) in [7, 11) is 5.01. The van der Waals surface area contributed by atoms with E-state index in [9.17, 15) is 4.79 Å². The largest absolute Gasteiger partial charge is 0.383 e. The Hall–Kier alpha value is -0.690. The van der Waals surface area contributed by atoms with Crippen LogP contribution in [0.4, 0.5) is 0 Å². The van der Waals surface area contributed by atoms with Gasteiger partial charge in [0.15, 0.2) is 0 Å². The molecule has 1 amide bonds. The molecule has 0 spiro atoms. The first-order valence-corrected chi connectivity index (χ1v) is 4.78. The van der Waals surface area contributed by atoms with E-state index in [0.717, 1.165) is 0 Å². The summed E-state index contributed by atoms with van der Waals surface area (Å²) >= 11 is 0. The molecule has 0 aliphatic rings. The van der Waals surface area contributed by atoms with Crippen molar-refractivity contribution in [3.8, 4) is 0 Å². The van der Waals surface area contributed by atoms with Crippen molar-refractivity contribution in [2.75, 3.05) is 34.5 Å². The van der Waals surface area contributed by atoms with Crippen molar-refractivity contribution >= 4 is 5.91 Å². The van der Waals surface area contributed by atoms with E-state index in [4.69, 9.17) is 15.3 Å². The van der Waals surface area contributed by atoms with Gasteiger partial charge in [0.2, 0.25) is 0 Å². The summed E-state index contributed by atoms with van der Waals surface area (Å²) in [6, 6.07) is -0.280. The summed E-state index contributed by atoms with van der Waals surface area (Å²) in [4.78, 5) is 13.3. The highest BCUT2D eigenvalue weighted by Crippen LogP contribution is 2.04. The average molecular weight is 219 g/mol. The molecule has 6 nitrogen and oxygen atoms in total. The Morgan fingerprint density at radius 3 is 2.33 bits per heavy atom. The molecule has 90 valence electrons. The molecule has 0 fully saturated rings. The summed E-state index contributed by atoms with van der Waals surface area (Å²) in [5.74, 6) is 4.84. The Balaban J connectivity index is 4.39. The molecule has 0 saturated heterocycles. The molecule has 0 rings (SSSR count). The van der Waals surface area contributed by atoms with E-state index in [2.05, 4.69) is 5.43 Å². The fourth-order valence-corrected chi connectivity index (χ4v) is 1.30. The Labute approximate surface area is 90.7 Å². The minimum absolute atomic E-state index is 0.118. The maximum absolute atomic E-state index is 11.5. The molecule has 15 heavy (non-hydrogen) atoms. The number of nitrogens with one attached hydrogen (secondary N) is 1. The van der Waals surface area contributed by atoms with Gasteiger partial charge in [-0.05, 0) is 14.0 Å². The van der Waals surface area contributed by atoms with E-state index in [1.807, 2.05) is 18.9 Å². The smallest absolute Gasteiger partial charge is 0.253 e. The second-order valence-electron chi connectivity index (χ2n) is 3.45. The quantitative estimate of drug-likeness (QED) is 0.325. The van der Waals surface area contributed by atoms with Crippen LogP contribution in [-0.2, 0) is 14.3 Å². The Morgan fingerprint density at radius 2 is 1.93 bits per heavy atom. The lowest BCUT2D eigenvalue weighted by Crippen LogP contribution is -2.53. The zero-order valence-corrected chi connectivity index (χ0v) is 9.82. The van der Waals surface area contributed by atoms with E-state index in [1.165, 1.54) is 0 Å². The van der Waals surface area contributed by atoms with E-state index < -0.39 is 6.04 Å². The van der Waals surface area contributed by atoms with Crippen LogP contribution >= 0.6 is 0 Å². The zero-order chi connectivity index (χ0) is 11.8. The standard InChI is InChI=1S/C9H21N3O3/c1-7(5-14-3)12(2)8(6-15-4)9(13)11-10/h7-8H,5-6,10H2,1-4H3,(H,11,13). The fourth-order valence-electron chi connectivity index (χ4n) is 1.30. The van der Waals surface area contributed by atoms with Crippen LogP contribution in [0.3, 0.4) is 0 Å². The highest BCUT2D eigenvalue weighted by molar-refractivity contribution is 5.81. The first kappa shape index (κ1) is 14.3. The van der Waals surface area contributed by atoms with Crippen LogP contribution in [0.15, 0.2) is 0 Å². The third-order valence-electron chi connectivity index (χ3n) is 2.36. The predicted molar refractivity (Wildman–Crippen MR) is 57.1 cm³/mol. The highest BCUT2D eigenvalue weighted by atomic mass is 16.5. The molecule has 6 heteroatoms. The van der Waals surface area contributed by atoms with Crippen LogP contribution in [0.5, 0.6) is 0 Å². The van der Waals surface area contributed by atoms with Crippen LogP contribution < -0.4 is 11.3 Å². The minimum atomic E-state index is -0.398. The number of carbonyl (C=O) groups is 1. The number of nitrogens with zero attached hydrogens (tertiary/aromatic N) is 1. The van der Waals surface area contributed by atoms with Gasteiger partial charge in [-0.25, -0.2) is 5.84 Å². The molecule has 0 aromatic carbocycles. The molecule has 0 saturated carbocycles. The van der Waals surface area contributed by atoms with Gasteiger partial charge in [0.1, 0.15) is 6.04 Å². The van der Waals surface area contributed by atoms with E-state index in [1.54, 1.807) is 14.2 Å². The topological polar surface area (TPSA) is 76.8 Å². The SMILES string of the molecule is COCC(C)N(C)C(COC)C(=O)NN. The summed E-state index contributed by atoms with van der Waals surface area (Å²) < 4.78 is 10.00. The van der Waals surface area contributed by atoms with Gasteiger partial charge in [0.05, 0.1) is 13.2 Å². The summed E-state index contributed by atoms with van der Waals surface area (Å²) in [6.07, 6.45) is 0. The number of hydrazine groups is 1. The van der Waals surface area contributed by atoms with Gasteiger partial charge in [0.25, 0.3) is 5.91 Å². The number of hydrogen-bond donors (Lipinski definition) is 2. The normalized spacial score (nSPS) is 15.1. The number of methoxy groups -OCH3 is 2. The molecular formula is C9H21N3O3. The molecule has 0 bridgehead atoms. The molecule has 0 heterocycles. The number of hydrogen-bond acceptors (Lipinski definition) is 5. The van der Waals surface area contributed by atoms with Gasteiger partial charge in [-0.3, -0.25) is 15.1 Å². The van der Waals surface area contributed by atoms with Crippen molar-refractivity contribution in [3.63, 3.8) is 0 Å². The van der Waals surface area contributed by atoms with Crippen molar-refractivity contribution in [2.24, 2.45) is 5.84 Å². The van der Waals surface area contributed by atoms with Crippen molar-refractivity contribution < 1.29 is 14.3 Å². The van der Waals surface area contributed by atoms with Gasteiger partial charge >= 0.3 is 0 Å². The highest BCUT2D eigenvalue weighted by Gasteiger charge is 2.25. The first-order chi connectivity index (χ1) is 7.08. The van der Waals surface area contributed by atoms with Gasteiger partial charge in [-0.15, -0.1) is 0 Å². The van der Waals surface area contributed by atoms with Gasteiger partial charge in [-0.2, -0.15) is 0 Å². The third-order valence-corrected chi connectivity index (χ3v) is 2.36. The van der Waals surface area contributed by atoms with Crippen molar-refractivity contribution in [1.29, 1.82) is 0 Å². The second-order valence-corrected chi connectivity index (χ2v) is 3.45. The predicted octanol–water partition coefficient (Wildman–Crippen LogP) is -1.04. The zero-order valence-electron chi connectivity index (χ0n) is 9.82. The number of carbonyl (C=O) groups excluding carboxylic acids is 1. The Kier molecular flexibility index (Phi) is 7.23. The Bertz CT molecular complexity index is 189. The summed E-state index contributed by atoms with van der Waals surface area (Å²) in [5.41, 5.74) is 2.13. The second kappa shape index (κ2) is 7.58. The lowest BCUT2D eigenvalue weighted by molar-refractivity contribution is -0.129. The molecule has 2 unspecified atom stereocenters. The lowest BCUT2D eigenvalue weighted by Gasteiger charge is -2.30. The van der Waals surface area contributed by atoms with Gasteiger partial charge < -0.3 is 9.47 Å². The molecule has 0 aromatic heterocycles. The number of ether oxygens (including phenoxy) is 2. The number of likely N-dealkylation sites (N-methyl/N-ethyl adjacent to an activating group) is 1. The van der Waals surface area contributed by atoms with Crippen LogP contribution in [-0.4, -0.2) is 57.4 Å². The van der Waals surface area contributed by atoms with Crippen LogP contribution in [0.1, 0.15) is 6.92 Å². The molecule has 2 atom stereocenters. The van der Waals surface area contributed by atoms with Crippen LogP contribution in [0.25, 0.3) is 0 Å². The summed E-state index contributed by atoms with van der Waals surface area (Å²) in [6.45, 7) is 2.82. The van der Waals surface area contributed by atoms with Crippen LogP contribution in [0.2, 0.25) is 0 Å². The van der Waals surface area contributed by atoms with E-state index in [-0.39, 0.29) is 11.9 Å². The first-order valence-electron chi connectivity index (χ1n) is 4.78. The number of rotatable bonds is 7. The molecule has 0 radical (unpaired) electrons. The minimum Gasteiger partial charge on any atom is -0.383 e. The molecule has 0 aliphatic heterocycles. The maximum atomic E-state index is 11.5. The fraction of sp³-hybridized carbons (Fsp3) is 0.889. The molecule has 3 N–H and O–H groups in total. The van der Waals surface area contributed by atoms with E-state index >= 15 is 0 Å². The van der Waals surface area contributed by atoms with Crippen molar-refractivity contribution in [3.05, 3.63) is 0 Å². The number of nitrogens with two attached hydrogens (primary N) is 1. The summed E-state index contributed by atoms with van der Waals surface area (Å²) in [5, 5.41) is 0. The van der Waals surface area contributed by atoms with E-state index in [0.29, 0.717) is 13.2 Å². The average Bonchev–Trinajstić information content (AvgIpc) is 2.24. The van der Waals surface area contributed by atoms with Crippen molar-refractivity contribution in [1.82, 2.24) is 10.3 Å². The molecule has 0 aliphatic carbocycles. The van der Waals surface area contributed by atoms with Crippen molar-refractivity contribution in [2.45, 2.75) is 19.0 Å². The molecular weight excluding hydrogens is 198 g/mol. The lowest BCUT2D eigenvalue weighted by atomic mass is 10.2.